The maximum absolute atomic E-state index is 13.2. The number of hydrogen-bond acceptors (Lipinski definition) is 7. The highest BCUT2D eigenvalue weighted by Crippen LogP contribution is 2.33. The van der Waals surface area contributed by atoms with Gasteiger partial charge < -0.3 is 19.5 Å². The fraction of sp³-hybridized carbons (Fsp3) is 0.545. The summed E-state index contributed by atoms with van der Waals surface area (Å²) in [6.45, 7) is 6.67. The van der Waals surface area contributed by atoms with Crippen molar-refractivity contribution in [1.82, 2.24) is 14.7 Å². The van der Waals surface area contributed by atoms with Gasteiger partial charge in [0, 0.05) is 39.8 Å². The third-order valence-corrected chi connectivity index (χ3v) is 5.38. The van der Waals surface area contributed by atoms with Gasteiger partial charge in [0.25, 0.3) is 11.8 Å². The van der Waals surface area contributed by atoms with Gasteiger partial charge in [0.1, 0.15) is 11.4 Å². The van der Waals surface area contributed by atoms with E-state index in [4.69, 9.17) is 14.6 Å². The molecule has 2 aliphatic heterocycles. The van der Waals surface area contributed by atoms with Crippen LogP contribution in [0.3, 0.4) is 0 Å². The minimum atomic E-state index is -0.285. The molecule has 0 bridgehead atoms. The molecule has 164 valence electrons. The van der Waals surface area contributed by atoms with E-state index in [-0.39, 0.29) is 25.0 Å². The van der Waals surface area contributed by atoms with E-state index in [9.17, 15) is 9.59 Å². The van der Waals surface area contributed by atoms with E-state index in [0.29, 0.717) is 49.7 Å². The molecule has 1 fully saturated rings. The third kappa shape index (κ3) is 4.83. The molecule has 0 aliphatic carbocycles. The van der Waals surface area contributed by atoms with Gasteiger partial charge in [-0.3, -0.25) is 19.4 Å². The van der Waals surface area contributed by atoms with Crippen LogP contribution in [0.15, 0.2) is 30.0 Å². The Morgan fingerprint density at radius 1 is 0.967 bits per heavy atom. The largest absolute Gasteiger partial charge is 0.494 e. The van der Waals surface area contributed by atoms with Gasteiger partial charge in [-0.1, -0.05) is 19.1 Å². The number of methoxy groups -OCH3 is 1. The molecule has 0 saturated carbocycles. The lowest BCUT2D eigenvalue weighted by molar-refractivity contribution is -0.138. The number of aliphatic hydroxyl groups is 1. The number of amides is 2. The molecule has 0 aromatic heterocycles. The Kier molecular flexibility index (Phi) is 7.84. The van der Waals surface area contributed by atoms with E-state index in [0.717, 1.165) is 25.3 Å². The summed E-state index contributed by atoms with van der Waals surface area (Å²) in [5.41, 5.74) is 1.61. The summed E-state index contributed by atoms with van der Waals surface area (Å²) in [5, 5.41) is 9.16. The first-order valence-corrected chi connectivity index (χ1v) is 10.5. The summed E-state index contributed by atoms with van der Waals surface area (Å²) < 4.78 is 10.7. The Hall–Kier alpha value is -2.42. The smallest absolute Gasteiger partial charge is 0.277 e. The second kappa shape index (κ2) is 10.6. The van der Waals surface area contributed by atoms with E-state index in [2.05, 4.69) is 4.90 Å². The number of imide groups is 1. The molecule has 1 saturated heterocycles. The van der Waals surface area contributed by atoms with Crippen molar-refractivity contribution in [3.05, 3.63) is 35.5 Å². The summed E-state index contributed by atoms with van der Waals surface area (Å²) in [5.74, 6) is 0.189. The first kappa shape index (κ1) is 22.3. The molecule has 2 heterocycles. The molecule has 2 amide bonds. The summed E-state index contributed by atoms with van der Waals surface area (Å²) in [6.07, 6.45) is 0.917. The van der Waals surface area contributed by atoms with Crippen molar-refractivity contribution in [1.29, 1.82) is 0 Å². The highest BCUT2D eigenvalue weighted by Gasteiger charge is 2.41. The van der Waals surface area contributed by atoms with Crippen molar-refractivity contribution >= 4 is 17.4 Å². The molecule has 1 aromatic carbocycles. The highest BCUT2D eigenvalue weighted by atomic mass is 16.5. The van der Waals surface area contributed by atoms with Gasteiger partial charge in [0.2, 0.25) is 0 Å². The Morgan fingerprint density at radius 3 is 2.27 bits per heavy atom. The van der Waals surface area contributed by atoms with Gasteiger partial charge in [-0.05, 0) is 24.1 Å². The molecule has 0 spiro atoms. The predicted octanol–water partition coefficient (Wildman–Crippen LogP) is 0.812. The van der Waals surface area contributed by atoms with Crippen LogP contribution in [-0.4, -0.2) is 97.8 Å². The van der Waals surface area contributed by atoms with Crippen molar-refractivity contribution in [2.75, 3.05) is 66.2 Å². The number of benzene rings is 1. The molecule has 2 aliphatic rings. The maximum atomic E-state index is 13.2. The van der Waals surface area contributed by atoms with Gasteiger partial charge in [-0.15, -0.1) is 0 Å². The molecule has 1 aromatic rings. The quantitative estimate of drug-likeness (QED) is 0.564. The highest BCUT2D eigenvalue weighted by molar-refractivity contribution is 6.35. The Morgan fingerprint density at radius 2 is 1.67 bits per heavy atom. The van der Waals surface area contributed by atoms with Crippen LogP contribution in [-0.2, 0) is 14.3 Å². The number of nitrogens with zero attached hydrogens (tertiary/aromatic N) is 3. The lowest BCUT2D eigenvalue weighted by Crippen LogP contribution is -2.48. The van der Waals surface area contributed by atoms with Crippen LogP contribution in [0.25, 0.3) is 5.57 Å². The Labute approximate surface area is 177 Å². The van der Waals surface area contributed by atoms with E-state index in [1.54, 1.807) is 7.11 Å². The lowest BCUT2D eigenvalue weighted by atomic mass is 10.0. The minimum absolute atomic E-state index is 0.114. The van der Waals surface area contributed by atoms with Crippen molar-refractivity contribution in [2.24, 2.45) is 0 Å². The van der Waals surface area contributed by atoms with E-state index in [1.165, 1.54) is 4.90 Å². The average molecular weight is 418 g/mol. The van der Waals surface area contributed by atoms with Crippen LogP contribution < -0.4 is 4.74 Å². The summed E-state index contributed by atoms with van der Waals surface area (Å²) in [4.78, 5) is 31.8. The van der Waals surface area contributed by atoms with Crippen molar-refractivity contribution in [3.63, 3.8) is 0 Å². The molecular weight excluding hydrogens is 386 g/mol. The number of aliphatic hydroxyl groups excluding tert-OH is 1. The molecule has 0 radical (unpaired) electrons. The number of rotatable bonds is 10. The molecule has 8 nitrogen and oxygen atoms in total. The predicted molar refractivity (Wildman–Crippen MR) is 113 cm³/mol. The SMILES string of the molecule is CCCOc1ccc(C2=C(N3CCN(CCO)CC3)C(=O)N(CCOC)C2=O)cc1. The first-order valence-electron chi connectivity index (χ1n) is 10.5. The van der Waals surface area contributed by atoms with Gasteiger partial charge >= 0.3 is 0 Å². The van der Waals surface area contributed by atoms with Crippen molar-refractivity contribution in [3.8, 4) is 5.75 Å². The van der Waals surface area contributed by atoms with Crippen LogP contribution >= 0.6 is 0 Å². The van der Waals surface area contributed by atoms with E-state index < -0.39 is 0 Å². The first-order chi connectivity index (χ1) is 14.6. The molecule has 0 atom stereocenters. The lowest BCUT2D eigenvalue weighted by Gasteiger charge is -2.36. The number of ether oxygens (including phenoxy) is 2. The van der Waals surface area contributed by atoms with Gasteiger partial charge in [-0.25, -0.2) is 0 Å². The van der Waals surface area contributed by atoms with Gasteiger partial charge in [0.05, 0.1) is 31.9 Å². The number of β-amino-alcohol motifs (C(OH)–C–C–N with tert-alkyl or cyclic N) is 1. The monoisotopic (exact) mass is 417 g/mol. The number of carbonyl (C=O) groups is 2. The van der Waals surface area contributed by atoms with Crippen molar-refractivity contribution < 1.29 is 24.2 Å². The molecule has 8 heteroatoms. The summed E-state index contributed by atoms with van der Waals surface area (Å²) >= 11 is 0. The zero-order valence-corrected chi connectivity index (χ0v) is 17.8. The van der Waals surface area contributed by atoms with Crippen molar-refractivity contribution in [2.45, 2.75) is 13.3 Å². The summed E-state index contributed by atoms with van der Waals surface area (Å²) in [6, 6.07) is 7.36. The average Bonchev–Trinajstić information content (AvgIpc) is 3.01. The zero-order chi connectivity index (χ0) is 21.5. The normalized spacial score (nSPS) is 18.0. The van der Waals surface area contributed by atoms with Crippen LogP contribution in [0.4, 0.5) is 0 Å². The fourth-order valence-corrected chi connectivity index (χ4v) is 3.78. The Balaban J connectivity index is 1.89. The zero-order valence-electron chi connectivity index (χ0n) is 17.8. The number of carbonyl (C=O) groups excluding carboxylic acids is 2. The second-order valence-corrected chi connectivity index (χ2v) is 7.40. The molecule has 3 rings (SSSR count). The Bertz CT molecular complexity index is 769. The fourth-order valence-electron chi connectivity index (χ4n) is 3.78. The molecule has 0 unspecified atom stereocenters. The standard InChI is InChI=1S/C22H31N3O5/c1-3-15-30-18-6-4-17(5-7-18)19-20(22(28)25(21(19)27)13-16-29-2)24-10-8-23(9-11-24)12-14-26/h4-7,26H,3,8-16H2,1-2H3. The van der Waals surface area contributed by atoms with E-state index in [1.807, 2.05) is 36.1 Å². The van der Waals surface area contributed by atoms with E-state index >= 15 is 0 Å². The minimum Gasteiger partial charge on any atom is -0.494 e. The topological polar surface area (TPSA) is 82.6 Å². The number of piperazine rings is 1. The summed E-state index contributed by atoms with van der Waals surface area (Å²) in [7, 11) is 1.55. The molecule has 1 N–H and O–H groups in total. The maximum Gasteiger partial charge on any atom is 0.277 e. The van der Waals surface area contributed by atoms with Gasteiger partial charge in [-0.2, -0.15) is 0 Å². The van der Waals surface area contributed by atoms with Crippen LogP contribution in [0.2, 0.25) is 0 Å². The second-order valence-electron chi connectivity index (χ2n) is 7.40. The van der Waals surface area contributed by atoms with Gasteiger partial charge in [0.15, 0.2) is 0 Å². The van der Waals surface area contributed by atoms with Crippen LogP contribution in [0.5, 0.6) is 5.75 Å². The number of hydrogen-bond donors (Lipinski definition) is 1. The molecule has 30 heavy (non-hydrogen) atoms. The van der Waals surface area contributed by atoms with Crippen LogP contribution in [0.1, 0.15) is 18.9 Å². The van der Waals surface area contributed by atoms with Crippen LogP contribution in [0, 0.1) is 0 Å². The molecular formula is C22H31N3O5. The third-order valence-electron chi connectivity index (χ3n) is 5.38.